The third-order valence-electron chi connectivity index (χ3n) is 4.21. The lowest BCUT2D eigenvalue weighted by Crippen LogP contribution is -2.48. The van der Waals surface area contributed by atoms with Gasteiger partial charge >= 0.3 is 0 Å². The molecule has 20 heavy (non-hydrogen) atoms. The van der Waals surface area contributed by atoms with Crippen molar-refractivity contribution < 1.29 is 0 Å². The minimum Gasteiger partial charge on any atom is -0.197 e. The third kappa shape index (κ3) is 3.40. The quantitative estimate of drug-likeness (QED) is 0.610. The van der Waals surface area contributed by atoms with Crippen molar-refractivity contribution >= 4 is 27.7 Å². The maximum absolute atomic E-state index is 9.64. The summed E-state index contributed by atoms with van der Waals surface area (Å²) in [4.78, 5) is 1.20. The van der Waals surface area contributed by atoms with Gasteiger partial charge in [0.25, 0.3) is 0 Å². The second kappa shape index (κ2) is 6.54. The van der Waals surface area contributed by atoms with Gasteiger partial charge in [-0.2, -0.15) is 5.26 Å². The molecule has 0 heterocycles. The zero-order chi connectivity index (χ0) is 14.6. The predicted molar refractivity (Wildman–Crippen MR) is 89.8 cm³/mol. The minimum absolute atomic E-state index is 0.196. The Morgan fingerprint density at radius 2 is 1.70 bits per heavy atom. The van der Waals surface area contributed by atoms with Crippen LogP contribution in [-0.2, 0) is 0 Å². The zero-order valence-corrected chi connectivity index (χ0v) is 14.7. The molecule has 1 saturated carbocycles. The van der Waals surface area contributed by atoms with Gasteiger partial charge in [0.15, 0.2) is 0 Å². The number of rotatable bonds is 6. The number of thioether (sulfide) groups is 1. The summed E-state index contributed by atoms with van der Waals surface area (Å²) in [6, 6.07) is 10.9. The number of benzene rings is 1. The van der Waals surface area contributed by atoms with Crippen LogP contribution in [0.2, 0.25) is 0 Å². The molecule has 0 spiro atoms. The molecule has 0 bridgehead atoms. The summed E-state index contributed by atoms with van der Waals surface area (Å²) in [5.74, 6) is 0. The summed E-state index contributed by atoms with van der Waals surface area (Å²) < 4.78 is 0.894. The van der Waals surface area contributed by atoms with Gasteiger partial charge < -0.3 is 0 Å². The second-order valence-corrected chi connectivity index (χ2v) is 8.39. The van der Waals surface area contributed by atoms with E-state index in [1.54, 1.807) is 11.8 Å². The highest BCUT2D eigenvalue weighted by atomic mass is 79.9. The summed E-state index contributed by atoms with van der Waals surface area (Å²) in [6.45, 7) is 4.51. The van der Waals surface area contributed by atoms with Crippen LogP contribution in [0.1, 0.15) is 52.4 Å². The first-order valence-corrected chi connectivity index (χ1v) is 9.04. The van der Waals surface area contributed by atoms with Crippen molar-refractivity contribution in [1.82, 2.24) is 0 Å². The Morgan fingerprint density at radius 3 is 2.15 bits per heavy atom. The number of hydrogen-bond acceptors (Lipinski definition) is 2. The molecule has 2 rings (SSSR count). The Hall–Kier alpha value is -0.460. The van der Waals surface area contributed by atoms with Gasteiger partial charge in [-0.3, -0.25) is 0 Å². The van der Waals surface area contributed by atoms with Crippen LogP contribution in [-0.4, -0.2) is 4.75 Å². The van der Waals surface area contributed by atoms with Gasteiger partial charge in [0, 0.05) is 9.37 Å². The molecule has 0 aromatic heterocycles. The van der Waals surface area contributed by atoms with Crippen molar-refractivity contribution in [2.75, 3.05) is 0 Å². The molecule has 1 aromatic carbocycles. The summed E-state index contributed by atoms with van der Waals surface area (Å²) in [6.07, 6.45) is 7.10. The Kier molecular flexibility index (Phi) is 5.20. The highest BCUT2D eigenvalue weighted by Gasteiger charge is 2.54. The molecule has 0 amide bonds. The van der Waals surface area contributed by atoms with E-state index in [9.17, 15) is 5.26 Å². The predicted octanol–water partition coefficient (Wildman–Crippen LogP) is 6.18. The van der Waals surface area contributed by atoms with Crippen molar-refractivity contribution in [3.63, 3.8) is 0 Å². The lowest BCUT2D eigenvalue weighted by Gasteiger charge is -2.53. The first-order chi connectivity index (χ1) is 9.57. The van der Waals surface area contributed by atoms with E-state index in [0.717, 1.165) is 17.3 Å². The van der Waals surface area contributed by atoms with Gasteiger partial charge in [0.2, 0.25) is 0 Å². The molecule has 0 radical (unpaired) electrons. The fraction of sp³-hybridized carbons (Fsp3) is 0.588. The van der Waals surface area contributed by atoms with Crippen LogP contribution < -0.4 is 0 Å². The second-order valence-electron chi connectivity index (χ2n) is 6.02. The van der Waals surface area contributed by atoms with Crippen molar-refractivity contribution in [3.8, 4) is 6.07 Å². The molecule has 0 aliphatic heterocycles. The molecular weight excluding hydrogens is 330 g/mol. The molecule has 3 heteroatoms. The average Bonchev–Trinajstić information content (AvgIpc) is 2.40. The summed E-state index contributed by atoms with van der Waals surface area (Å²) in [5.41, 5.74) is 0.432. The van der Waals surface area contributed by atoms with Crippen molar-refractivity contribution in [2.24, 2.45) is 5.41 Å². The molecule has 1 fully saturated rings. The Balaban J connectivity index is 2.06. The smallest absolute Gasteiger partial charge is 0.108 e. The van der Waals surface area contributed by atoms with E-state index < -0.39 is 0 Å². The van der Waals surface area contributed by atoms with Crippen molar-refractivity contribution in [3.05, 3.63) is 28.7 Å². The highest BCUT2D eigenvalue weighted by molar-refractivity contribution is 9.10. The molecule has 0 saturated heterocycles. The minimum atomic E-state index is -0.196. The molecule has 1 aliphatic rings. The van der Waals surface area contributed by atoms with Crippen LogP contribution in [0.5, 0.6) is 0 Å². The number of nitrogens with zero attached hydrogens (tertiary/aromatic N) is 1. The fourth-order valence-corrected chi connectivity index (χ4v) is 5.39. The van der Waals surface area contributed by atoms with Crippen LogP contribution in [0.4, 0.5) is 0 Å². The number of nitriles is 1. The first kappa shape index (κ1) is 15.9. The van der Waals surface area contributed by atoms with Gasteiger partial charge in [-0.15, -0.1) is 11.8 Å². The van der Waals surface area contributed by atoms with Gasteiger partial charge in [-0.05, 0) is 55.4 Å². The number of hydrogen-bond donors (Lipinski definition) is 0. The molecule has 0 atom stereocenters. The summed E-state index contributed by atoms with van der Waals surface area (Å²) in [7, 11) is 0. The topological polar surface area (TPSA) is 23.8 Å². The molecule has 1 aromatic rings. The molecule has 1 nitrogen and oxygen atoms in total. The van der Waals surface area contributed by atoms with Gasteiger partial charge in [0.1, 0.15) is 4.75 Å². The van der Waals surface area contributed by atoms with Gasteiger partial charge in [0.05, 0.1) is 6.07 Å². The summed E-state index contributed by atoms with van der Waals surface area (Å²) in [5, 5.41) is 9.64. The van der Waals surface area contributed by atoms with Crippen LogP contribution in [0.15, 0.2) is 33.6 Å². The zero-order valence-electron chi connectivity index (χ0n) is 12.3. The van der Waals surface area contributed by atoms with Crippen LogP contribution >= 0.6 is 27.7 Å². The van der Waals surface area contributed by atoms with E-state index in [2.05, 4.69) is 60.1 Å². The molecule has 1 aliphatic carbocycles. The van der Waals surface area contributed by atoms with Gasteiger partial charge in [-0.1, -0.05) is 42.6 Å². The lowest BCUT2D eigenvalue weighted by molar-refractivity contribution is 0.0831. The van der Waals surface area contributed by atoms with E-state index in [1.807, 2.05) is 0 Å². The first-order valence-electron chi connectivity index (χ1n) is 7.43. The Bertz CT molecular complexity index is 475. The van der Waals surface area contributed by atoms with E-state index in [0.29, 0.717) is 5.41 Å². The lowest BCUT2D eigenvalue weighted by atomic mass is 9.58. The van der Waals surface area contributed by atoms with E-state index >= 15 is 0 Å². The Labute approximate surface area is 135 Å². The Morgan fingerprint density at radius 1 is 1.15 bits per heavy atom. The largest absolute Gasteiger partial charge is 0.197 e. The van der Waals surface area contributed by atoms with Crippen LogP contribution in [0.25, 0.3) is 0 Å². The van der Waals surface area contributed by atoms with E-state index in [1.165, 1.54) is 30.6 Å². The van der Waals surface area contributed by atoms with Crippen molar-refractivity contribution in [1.29, 1.82) is 5.26 Å². The highest BCUT2D eigenvalue weighted by Crippen LogP contribution is 2.61. The molecule has 0 N–H and O–H groups in total. The molecule has 0 unspecified atom stereocenters. The maximum Gasteiger partial charge on any atom is 0.108 e. The van der Waals surface area contributed by atoms with Gasteiger partial charge in [-0.25, -0.2) is 0 Å². The monoisotopic (exact) mass is 351 g/mol. The SMILES string of the molecule is CCCC1(CCC)CC(C#N)(Sc2ccc(Br)cc2)C1. The van der Waals surface area contributed by atoms with Crippen molar-refractivity contribution in [2.45, 2.75) is 62.0 Å². The summed E-state index contributed by atoms with van der Waals surface area (Å²) >= 11 is 5.22. The standard InChI is InChI=1S/C17H22BrNS/c1-3-9-16(10-4-2)11-17(12-16,13-19)20-15-7-5-14(18)6-8-15/h5-8H,3-4,9-12H2,1-2H3. The normalized spacial score (nSPS) is 19.1. The molecule has 108 valence electrons. The number of halogens is 1. The van der Waals surface area contributed by atoms with E-state index in [4.69, 9.17) is 0 Å². The average molecular weight is 352 g/mol. The molecular formula is C17H22BrNS. The van der Waals surface area contributed by atoms with Crippen LogP contribution in [0.3, 0.4) is 0 Å². The third-order valence-corrected chi connectivity index (χ3v) is 6.02. The van der Waals surface area contributed by atoms with Crippen LogP contribution in [0, 0.1) is 16.7 Å². The fourth-order valence-electron chi connectivity index (χ4n) is 3.60. The van der Waals surface area contributed by atoms with E-state index in [-0.39, 0.29) is 4.75 Å². The maximum atomic E-state index is 9.64.